The van der Waals surface area contributed by atoms with Crippen LogP contribution in [0.15, 0.2) is 64.8 Å². The fourth-order valence-electron chi connectivity index (χ4n) is 4.97. The summed E-state index contributed by atoms with van der Waals surface area (Å²) in [4.78, 5) is 18.4. The number of H-pyrrole nitrogens is 1. The molecule has 37 heavy (non-hydrogen) atoms. The molecule has 0 bridgehead atoms. The van der Waals surface area contributed by atoms with Crippen LogP contribution >= 0.6 is 11.6 Å². The molecule has 0 saturated carbocycles. The van der Waals surface area contributed by atoms with Crippen molar-refractivity contribution in [2.45, 2.75) is 64.5 Å². The second-order valence-corrected chi connectivity index (χ2v) is 10.2. The van der Waals surface area contributed by atoms with Crippen LogP contribution in [0.5, 0.6) is 0 Å². The Balaban J connectivity index is 1.63. The molecule has 3 aromatic heterocycles. The van der Waals surface area contributed by atoms with Crippen LogP contribution in [0.2, 0.25) is 5.02 Å². The van der Waals surface area contributed by atoms with Crippen LogP contribution in [0.3, 0.4) is 0 Å². The van der Waals surface area contributed by atoms with Crippen LogP contribution in [0.4, 0.5) is 0 Å². The maximum Gasteiger partial charge on any atom is 0.334 e. The lowest BCUT2D eigenvalue weighted by atomic mass is 9.76. The van der Waals surface area contributed by atoms with Crippen molar-refractivity contribution in [3.05, 3.63) is 81.8 Å². The molecule has 5 rings (SSSR count). The molecule has 1 aliphatic rings. The first-order valence-electron chi connectivity index (χ1n) is 12.7. The number of nitrogens with one attached hydrogen (secondary N) is 1. The predicted octanol–water partition coefficient (Wildman–Crippen LogP) is 5.12. The number of rotatable bonds is 9. The van der Waals surface area contributed by atoms with Crippen molar-refractivity contribution < 1.29 is 0 Å². The van der Waals surface area contributed by atoms with Gasteiger partial charge in [0, 0.05) is 54.1 Å². The minimum Gasteiger partial charge on any atom is -0.330 e. The summed E-state index contributed by atoms with van der Waals surface area (Å²) in [7, 11) is 0. The molecule has 0 spiro atoms. The smallest absolute Gasteiger partial charge is 0.330 e. The van der Waals surface area contributed by atoms with Gasteiger partial charge in [-0.15, -0.1) is 5.10 Å². The van der Waals surface area contributed by atoms with Crippen molar-refractivity contribution in [3.8, 4) is 17.2 Å². The van der Waals surface area contributed by atoms with E-state index >= 15 is 0 Å². The average molecular weight is 519 g/mol. The highest BCUT2D eigenvalue weighted by molar-refractivity contribution is 6.32. The first kappa shape index (κ1) is 25.0. The fourth-order valence-corrected chi connectivity index (χ4v) is 5.21. The van der Waals surface area contributed by atoms with Crippen molar-refractivity contribution in [1.29, 1.82) is 0 Å². The maximum absolute atomic E-state index is 14.0. The second kappa shape index (κ2) is 10.3. The number of nitrogens with zero attached hydrogens (tertiary/aromatic N) is 7. The van der Waals surface area contributed by atoms with Gasteiger partial charge in [0.15, 0.2) is 5.82 Å². The van der Waals surface area contributed by atoms with Crippen LogP contribution in [-0.4, -0.2) is 40.5 Å². The lowest BCUT2D eigenvalue weighted by Crippen LogP contribution is -2.37. The Labute approximate surface area is 220 Å². The molecule has 0 radical (unpaired) electrons. The summed E-state index contributed by atoms with van der Waals surface area (Å²) >= 11 is 6.61. The van der Waals surface area contributed by atoms with Gasteiger partial charge >= 0.3 is 5.69 Å². The van der Waals surface area contributed by atoms with E-state index in [2.05, 4.69) is 64.6 Å². The number of unbranched alkanes of at least 4 members (excludes halogenated alkanes) is 1. The number of allylic oxidation sites excluding steroid dienone is 1. The van der Waals surface area contributed by atoms with Gasteiger partial charge in [0.2, 0.25) is 0 Å². The van der Waals surface area contributed by atoms with E-state index in [1.807, 2.05) is 52.1 Å². The Kier molecular flexibility index (Phi) is 6.97. The zero-order valence-electron chi connectivity index (χ0n) is 21.3. The summed E-state index contributed by atoms with van der Waals surface area (Å²) in [5.74, 6) is 1.30. The Morgan fingerprint density at radius 1 is 1.24 bits per heavy atom. The summed E-state index contributed by atoms with van der Waals surface area (Å²) in [5.41, 5.74) is 2.38. The molecule has 1 atom stereocenters. The predicted molar refractivity (Wildman–Crippen MR) is 146 cm³/mol. The summed E-state index contributed by atoms with van der Waals surface area (Å²) < 4.78 is 5.66. The quantitative estimate of drug-likeness (QED) is 0.332. The lowest BCUT2D eigenvalue weighted by molar-refractivity contribution is 0.438. The number of halogens is 1. The minimum absolute atomic E-state index is 0.0977. The Morgan fingerprint density at radius 3 is 2.81 bits per heavy atom. The normalized spacial score (nSPS) is 17.2. The summed E-state index contributed by atoms with van der Waals surface area (Å²) in [6, 6.07) is 10.1. The SMILES string of the molecule is CCCCc1cn(-c2c(Cl)ccn2C(C)C)c(=O)n1CC1(c2cccc(-c3nnn[nH]3)c2)C=CN=CC1. The molecule has 0 fully saturated rings. The minimum atomic E-state index is -0.466. The third-order valence-corrected chi connectivity index (χ3v) is 7.30. The Hall–Kier alpha value is -3.72. The molecular formula is C27H31ClN8O. The zero-order chi connectivity index (χ0) is 26.0. The Morgan fingerprint density at radius 2 is 2.11 bits per heavy atom. The molecule has 1 aliphatic heterocycles. The summed E-state index contributed by atoms with van der Waals surface area (Å²) in [6.45, 7) is 6.79. The number of aryl methyl sites for hydroxylation is 1. The van der Waals surface area contributed by atoms with E-state index in [1.54, 1.807) is 4.57 Å². The third-order valence-electron chi connectivity index (χ3n) is 7.01. The standard InChI is InChI=1S/C27H31ClN8O/c1-4-5-9-22-17-35(25-23(28)10-15-34(25)19(2)3)26(37)36(22)18-27(11-13-29-14-12-27)21-8-6-7-20(16-21)24-30-32-33-31-24/h6-8,10-11,13-17,19H,4-5,9,12,18H2,1-3H3,(H,30,31,32,33). The van der Waals surface area contributed by atoms with E-state index in [4.69, 9.17) is 11.6 Å². The van der Waals surface area contributed by atoms with Crippen LogP contribution in [0.1, 0.15) is 57.3 Å². The number of imidazole rings is 1. The molecule has 10 heteroatoms. The third kappa shape index (κ3) is 4.71. The van der Waals surface area contributed by atoms with Gasteiger partial charge in [-0.1, -0.05) is 49.2 Å². The molecule has 192 valence electrons. The summed E-state index contributed by atoms with van der Waals surface area (Å²) in [6.07, 6.45) is 13.2. The van der Waals surface area contributed by atoms with E-state index < -0.39 is 5.41 Å². The van der Waals surface area contributed by atoms with E-state index in [0.717, 1.165) is 36.1 Å². The molecule has 0 aliphatic carbocycles. The number of aliphatic imine (C=N–C) groups is 1. The van der Waals surface area contributed by atoms with Crippen LogP contribution in [0.25, 0.3) is 17.2 Å². The molecule has 1 N–H and O–H groups in total. The Bertz CT molecular complexity index is 1490. The van der Waals surface area contributed by atoms with Gasteiger partial charge < -0.3 is 4.57 Å². The molecule has 0 saturated heterocycles. The van der Waals surface area contributed by atoms with Crippen molar-refractivity contribution >= 4 is 17.8 Å². The van der Waals surface area contributed by atoms with Gasteiger partial charge in [-0.2, -0.15) is 0 Å². The van der Waals surface area contributed by atoms with E-state index in [9.17, 15) is 4.79 Å². The van der Waals surface area contributed by atoms with Crippen LogP contribution in [-0.2, 0) is 18.4 Å². The van der Waals surface area contributed by atoms with E-state index in [1.165, 1.54) is 0 Å². The maximum atomic E-state index is 14.0. The summed E-state index contributed by atoms with van der Waals surface area (Å²) in [5, 5.41) is 14.9. The van der Waals surface area contributed by atoms with Crippen molar-refractivity contribution in [3.63, 3.8) is 0 Å². The highest BCUT2D eigenvalue weighted by atomic mass is 35.5. The van der Waals surface area contributed by atoms with Gasteiger partial charge in [-0.3, -0.25) is 14.1 Å². The number of aromatic amines is 1. The number of aromatic nitrogens is 7. The first-order valence-corrected chi connectivity index (χ1v) is 13.0. The molecule has 1 unspecified atom stereocenters. The van der Waals surface area contributed by atoms with E-state index in [-0.39, 0.29) is 11.7 Å². The molecule has 4 heterocycles. The number of hydrogen-bond acceptors (Lipinski definition) is 5. The second-order valence-electron chi connectivity index (χ2n) is 9.79. The van der Waals surface area contributed by atoms with Crippen molar-refractivity contribution in [2.75, 3.05) is 0 Å². The molecule has 9 nitrogen and oxygen atoms in total. The molecule has 4 aromatic rings. The zero-order valence-corrected chi connectivity index (χ0v) is 22.1. The van der Waals surface area contributed by atoms with Crippen molar-refractivity contribution in [1.82, 2.24) is 34.3 Å². The van der Waals surface area contributed by atoms with Crippen molar-refractivity contribution in [2.24, 2.45) is 4.99 Å². The van der Waals surface area contributed by atoms with Gasteiger partial charge in [-0.05, 0) is 61.2 Å². The average Bonchev–Trinajstić information content (AvgIpc) is 3.64. The highest BCUT2D eigenvalue weighted by Crippen LogP contribution is 2.35. The fraction of sp³-hybridized carbons (Fsp3) is 0.370. The number of tetrazole rings is 1. The molecular weight excluding hydrogens is 488 g/mol. The largest absolute Gasteiger partial charge is 0.334 e. The van der Waals surface area contributed by atoms with Gasteiger partial charge in [0.25, 0.3) is 0 Å². The molecule has 0 amide bonds. The monoisotopic (exact) mass is 518 g/mol. The number of hydrogen-bond donors (Lipinski definition) is 1. The van der Waals surface area contributed by atoms with Crippen LogP contribution in [0, 0.1) is 0 Å². The topological polar surface area (TPSA) is 98.7 Å². The number of benzene rings is 1. The van der Waals surface area contributed by atoms with E-state index in [0.29, 0.717) is 29.6 Å². The molecule has 1 aromatic carbocycles. The highest BCUT2D eigenvalue weighted by Gasteiger charge is 2.33. The van der Waals surface area contributed by atoms with Gasteiger partial charge in [0.1, 0.15) is 5.82 Å². The van der Waals surface area contributed by atoms with Gasteiger partial charge in [-0.25, -0.2) is 9.89 Å². The van der Waals surface area contributed by atoms with Gasteiger partial charge in [0.05, 0.1) is 5.02 Å². The van der Waals surface area contributed by atoms with Crippen LogP contribution < -0.4 is 5.69 Å². The first-order chi connectivity index (χ1) is 17.9. The lowest BCUT2D eigenvalue weighted by Gasteiger charge is -2.32.